The average molecular weight is 240 g/mol. The average Bonchev–Trinajstić information content (AvgIpc) is 2.39. The highest BCUT2D eigenvalue weighted by atomic mass is 14.9. The predicted octanol–water partition coefficient (Wildman–Crippen LogP) is 3.17. The first-order valence-electron chi connectivity index (χ1n) is 6.46. The van der Waals surface area contributed by atoms with Gasteiger partial charge in [-0.3, -0.25) is 4.98 Å². The Balaban J connectivity index is 2.12. The first kappa shape index (κ1) is 12.8. The second-order valence-corrected chi connectivity index (χ2v) is 4.80. The molecular formula is C16H20N2. The molecule has 0 saturated carbocycles. The zero-order chi connectivity index (χ0) is 12.8. The molecule has 0 aliphatic heterocycles. The summed E-state index contributed by atoms with van der Waals surface area (Å²) in [5, 5.41) is 3.47. The Morgan fingerprint density at radius 2 is 1.72 bits per heavy atom. The Hall–Kier alpha value is -1.67. The van der Waals surface area contributed by atoms with E-state index in [0.717, 1.165) is 18.7 Å². The van der Waals surface area contributed by atoms with Gasteiger partial charge in [0.15, 0.2) is 0 Å². The maximum absolute atomic E-state index is 4.39. The van der Waals surface area contributed by atoms with Crippen LogP contribution in [0.3, 0.4) is 0 Å². The molecule has 0 fully saturated rings. The van der Waals surface area contributed by atoms with Gasteiger partial charge in [-0.2, -0.15) is 0 Å². The Labute approximate surface area is 109 Å². The normalized spacial score (nSPS) is 10.8. The van der Waals surface area contributed by atoms with Gasteiger partial charge >= 0.3 is 0 Å². The molecule has 0 aliphatic rings. The Bertz CT molecular complexity index is 477. The van der Waals surface area contributed by atoms with Gasteiger partial charge in [0.25, 0.3) is 0 Å². The lowest BCUT2D eigenvalue weighted by Crippen LogP contribution is -2.22. The third kappa shape index (κ3) is 3.67. The summed E-state index contributed by atoms with van der Waals surface area (Å²) >= 11 is 0. The molecule has 94 valence electrons. The van der Waals surface area contributed by atoms with Gasteiger partial charge in [-0.15, -0.1) is 0 Å². The van der Waals surface area contributed by atoms with Crippen molar-refractivity contribution in [3.63, 3.8) is 0 Å². The summed E-state index contributed by atoms with van der Waals surface area (Å²) in [6, 6.07) is 15.1. The maximum atomic E-state index is 4.39. The third-order valence-corrected chi connectivity index (χ3v) is 2.92. The number of nitrogens with one attached hydrogen (secondary N) is 1. The predicted molar refractivity (Wildman–Crippen MR) is 75.5 cm³/mol. The van der Waals surface area contributed by atoms with Crippen LogP contribution in [0, 0.1) is 0 Å². The molecule has 1 aromatic carbocycles. The van der Waals surface area contributed by atoms with Crippen molar-refractivity contribution in [2.45, 2.75) is 32.9 Å². The lowest BCUT2D eigenvalue weighted by Gasteiger charge is -2.12. The van der Waals surface area contributed by atoms with Crippen LogP contribution >= 0.6 is 0 Å². The van der Waals surface area contributed by atoms with Gasteiger partial charge in [0, 0.05) is 30.9 Å². The largest absolute Gasteiger partial charge is 0.310 e. The lowest BCUT2D eigenvalue weighted by molar-refractivity contribution is 0.587. The summed E-state index contributed by atoms with van der Waals surface area (Å²) in [4.78, 5) is 4.39. The van der Waals surface area contributed by atoms with Gasteiger partial charge in [0.1, 0.15) is 0 Å². The summed E-state index contributed by atoms with van der Waals surface area (Å²) in [5.74, 6) is 0. The molecule has 0 saturated heterocycles. The van der Waals surface area contributed by atoms with Crippen molar-refractivity contribution in [3.05, 3.63) is 65.5 Å². The van der Waals surface area contributed by atoms with Crippen molar-refractivity contribution in [3.8, 4) is 0 Å². The Morgan fingerprint density at radius 1 is 1.00 bits per heavy atom. The molecule has 0 amide bonds. The minimum atomic E-state index is 0.507. The zero-order valence-corrected chi connectivity index (χ0v) is 11.1. The van der Waals surface area contributed by atoms with Crippen molar-refractivity contribution in [2.75, 3.05) is 0 Å². The number of nitrogens with zero attached hydrogens (tertiary/aromatic N) is 1. The lowest BCUT2D eigenvalue weighted by atomic mass is 10.0. The van der Waals surface area contributed by atoms with Crippen LogP contribution in [0.2, 0.25) is 0 Å². The van der Waals surface area contributed by atoms with Crippen LogP contribution in [0.4, 0.5) is 0 Å². The van der Waals surface area contributed by atoms with E-state index in [1.165, 1.54) is 11.1 Å². The number of benzene rings is 1. The molecule has 0 atom stereocenters. The van der Waals surface area contributed by atoms with Gasteiger partial charge in [-0.05, 0) is 23.3 Å². The standard InChI is InChI=1S/C16H20N2/c1-13(2)18-12-15-8-4-3-7-14(15)11-16-9-5-6-10-17-16/h3-10,13,18H,11-12H2,1-2H3. The smallest absolute Gasteiger partial charge is 0.0447 e. The summed E-state index contributed by atoms with van der Waals surface area (Å²) in [7, 11) is 0. The number of hydrogen-bond acceptors (Lipinski definition) is 2. The van der Waals surface area contributed by atoms with Gasteiger partial charge in [0.2, 0.25) is 0 Å². The quantitative estimate of drug-likeness (QED) is 0.868. The van der Waals surface area contributed by atoms with E-state index in [2.05, 4.69) is 54.5 Å². The van der Waals surface area contributed by atoms with E-state index in [0.29, 0.717) is 6.04 Å². The Morgan fingerprint density at radius 3 is 2.39 bits per heavy atom. The molecule has 0 aliphatic carbocycles. The van der Waals surface area contributed by atoms with Crippen molar-refractivity contribution in [1.29, 1.82) is 0 Å². The first-order chi connectivity index (χ1) is 8.75. The third-order valence-electron chi connectivity index (χ3n) is 2.92. The van der Waals surface area contributed by atoms with E-state index < -0.39 is 0 Å². The van der Waals surface area contributed by atoms with Gasteiger partial charge in [0.05, 0.1) is 0 Å². The molecule has 18 heavy (non-hydrogen) atoms. The summed E-state index contributed by atoms with van der Waals surface area (Å²) < 4.78 is 0. The second kappa shape index (κ2) is 6.31. The van der Waals surface area contributed by atoms with Crippen LogP contribution in [-0.4, -0.2) is 11.0 Å². The maximum Gasteiger partial charge on any atom is 0.0447 e. The molecule has 1 heterocycles. The molecule has 0 radical (unpaired) electrons. The number of pyridine rings is 1. The fourth-order valence-corrected chi connectivity index (χ4v) is 1.91. The number of rotatable bonds is 5. The van der Waals surface area contributed by atoms with Crippen LogP contribution in [0.1, 0.15) is 30.7 Å². The number of hydrogen-bond donors (Lipinski definition) is 1. The fraction of sp³-hybridized carbons (Fsp3) is 0.312. The first-order valence-corrected chi connectivity index (χ1v) is 6.46. The van der Waals surface area contributed by atoms with E-state index in [1.54, 1.807) is 0 Å². The van der Waals surface area contributed by atoms with Crippen LogP contribution < -0.4 is 5.32 Å². The highest BCUT2D eigenvalue weighted by Crippen LogP contribution is 2.13. The number of aromatic nitrogens is 1. The molecule has 2 rings (SSSR count). The van der Waals surface area contributed by atoms with Crippen LogP contribution in [0.25, 0.3) is 0 Å². The van der Waals surface area contributed by atoms with E-state index in [1.807, 2.05) is 18.3 Å². The molecular weight excluding hydrogens is 220 g/mol. The molecule has 0 bridgehead atoms. The fourth-order valence-electron chi connectivity index (χ4n) is 1.91. The monoisotopic (exact) mass is 240 g/mol. The van der Waals surface area contributed by atoms with Crippen molar-refractivity contribution in [1.82, 2.24) is 10.3 Å². The van der Waals surface area contributed by atoms with E-state index in [-0.39, 0.29) is 0 Å². The van der Waals surface area contributed by atoms with Gasteiger partial charge in [-0.25, -0.2) is 0 Å². The van der Waals surface area contributed by atoms with Gasteiger partial charge < -0.3 is 5.32 Å². The van der Waals surface area contributed by atoms with Crippen molar-refractivity contribution < 1.29 is 0 Å². The Kier molecular flexibility index (Phi) is 4.48. The van der Waals surface area contributed by atoms with Crippen LogP contribution in [0.5, 0.6) is 0 Å². The summed E-state index contributed by atoms with van der Waals surface area (Å²) in [6.07, 6.45) is 2.75. The van der Waals surface area contributed by atoms with Crippen molar-refractivity contribution in [2.24, 2.45) is 0 Å². The summed E-state index contributed by atoms with van der Waals surface area (Å²) in [5.41, 5.74) is 3.83. The highest BCUT2D eigenvalue weighted by Gasteiger charge is 2.04. The highest BCUT2D eigenvalue weighted by molar-refractivity contribution is 5.30. The van der Waals surface area contributed by atoms with E-state index in [4.69, 9.17) is 0 Å². The van der Waals surface area contributed by atoms with Gasteiger partial charge in [-0.1, -0.05) is 44.2 Å². The van der Waals surface area contributed by atoms with E-state index in [9.17, 15) is 0 Å². The van der Waals surface area contributed by atoms with Crippen molar-refractivity contribution >= 4 is 0 Å². The summed E-state index contributed by atoms with van der Waals surface area (Å²) in [6.45, 7) is 5.25. The van der Waals surface area contributed by atoms with E-state index >= 15 is 0 Å². The molecule has 1 N–H and O–H groups in total. The molecule has 2 nitrogen and oxygen atoms in total. The molecule has 2 heteroatoms. The zero-order valence-electron chi connectivity index (χ0n) is 11.1. The minimum Gasteiger partial charge on any atom is -0.310 e. The second-order valence-electron chi connectivity index (χ2n) is 4.80. The molecule has 0 spiro atoms. The SMILES string of the molecule is CC(C)NCc1ccccc1Cc1ccccn1. The van der Waals surface area contributed by atoms with Crippen LogP contribution in [0.15, 0.2) is 48.7 Å². The van der Waals surface area contributed by atoms with Crippen LogP contribution in [-0.2, 0) is 13.0 Å². The topological polar surface area (TPSA) is 24.9 Å². The molecule has 0 unspecified atom stereocenters. The molecule has 2 aromatic rings. The minimum absolute atomic E-state index is 0.507. The molecule has 1 aromatic heterocycles.